The number of fused-ring (bicyclic) bond motifs is 1. The first-order chi connectivity index (χ1) is 12.0. The third kappa shape index (κ3) is 4.14. The van der Waals surface area contributed by atoms with Crippen molar-refractivity contribution in [1.82, 2.24) is 15.2 Å². The Morgan fingerprint density at radius 2 is 2.00 bits per heavy atom. The fourth-order valence-electron chi connectivity index (χ4n) is 3.13. The van der Waals surface area contributed by atoms with Gasteiger partial charge in [-0.05, 0) is 43.5 Å². The van der Waals surface area contributed by atoms with Crippen LogP contribution in [0.5, 0.6) is 0 Å². The summed E-state index contributed by atoms with van der Waals surface area (Å²) in [5.41, 5.74) is 1.26. The van der Waals surface area contributed by atoms with Crippen LogP contribution in [0.3, 0.4) is 0 Å². The highest BCUT2D eigenvalue weighted by Crippen LogP contribution is 2.30. The number of rotatable bonds is 3. The third-order valence-corrected chi connectivity index (χ3v) is 4.23. The van der Waals surface area contributed by atoms with Crippen LogP contribution in [-0.2, 0) is 15.1 Å². The zero-order chi connectivity index (χ0) is 19.1. The number of allylic oxidation sites excluding steroid dienone is 2. The molecule has 140 valence electrons. The summed E-state index contributed by atoms with van der Waals surface area (Å²) in [6, 6.07) is 3.69. The maximum atomic E-state index is 12.0. The first-order valence-electron chi connectivity index (χ1n) is 8.85. The van der Waals surface area contributed by atoms with E-state index >= 15 is 0 Å². The van der Waals surface area contributed by atoms with Crippen LogP contribution in [-0.4, -0.2) is 40.2 Å². The average molecular weight is 357 g/mol. The second kappa shape index (κ2) is 6.52. The van der Waals surface area contributed by atoms with Crippen molar-refractivity contribution in [1.29, 1.82) is 0 Å². The summed E-state index contributed by atoms with van der Waals surface area (Å²) in [7, 11) is 0. The molecule has 6 nitrogen and oxygen atoms in total. The number of carbonyl (C=O) groups excluding carboxylic acids is 1. The van der Waals surface area contributed by atoms with Gasteiger partial charge in [-0.15, -0.1) is 0 Å². The molecule has 1 fully saturated rings. The molecule has 1 unspecified atom stereocenters. The number of pyridine rings is 1. The molecule has 0 aliphatic carbocycles. The molecule has 1 aromatic heterocycles. The topological polar surface area (TPSA) is 74.7 Å². The van der Waals surface area contributed by atoms with Crippen LogP contribution < -0.4 is 5.32 Å². The number of hydrogen-bond acceptors (Lipinski definition) is 5. The van der Waals surface area contributed by atoms with Gasteiger partial charge in [-0.3, -0.25) is 14.7 Å². The second-order valence-corrected chi connectivity index (χ2v) is 8.63. The van der Waals surface area contributed by atoms with Crippen LogP contribution in [0.15, 0.2) is 36.2 Å². The van der Waals surface area contributed by atoms with Crippen molar-refractivity contribution in [2.24, 2.45) is 5.41 Å². The molecule has 2 aliphatic rings. The lowest BCUT2D eigenvalue weighted by Gasteiger charge is -2.41. The molecule has 2 aliphatic heterocycles. The van der Waals surface area contributed by atoms with Gasteiger partial charge in [-0.25, -0.2) is 0 Å². The minimum atomic E-state index is -0.982. The van der Waals surface area contributed by atoms with E-state index in [1.165, 1.54) is 0 Å². The summed E-state index contributed by atoms with van der Waals surface area (Å²) in [6.45, 7) is 10.9. The molecule has 6 heteroatoms. The van der Waals surface area contributed by atoms with Crippen LogP contribution in [0.4, 0.5) is 0 Å². The zero-order valence-corrected chi connectivity index (χ0v) is 16.0. The summed E-state index contributed by atoms with van der Waals surface area (Å²) >= 11 is 0. The van der Waals surface area contributed by atoms with E-state index in [2.05, 4.69) is 36.0 Å². The molecule has 0 saturated carbocycles. The van der Waals surface area contributed by atoms with Gasteiger partial charge >= 0.3 is 0 Å². The van der Waals surface area contributed by atoms with Crippen molar-refractivity contribution in [3.05, 3.63) is 47.4 Å². The molecule has 1 aromatic rings. The van der Waals surface area contributed by atoms with E-state index in [0.717, 1.165) is 17.8 Å². The Morgan fingerprint density at radius 3 is 2.58 bits per heavy atom. The van der Waals surface area contributed by atoms with Gasteiger partial charge in [0.2, 0.25) is 5.91 Å². The van der Waals surface area contributed by atoms with Gasteiger partial charge in [0, 0.05) is 18.3 Å². The van der Waals surface area contributed by atoms with Gasteiger partial charge < -0.3 is 15.2 Å². The maximum absolute atomic E-state index is 12.0. The lowest BCUT2D eigenvalue weighted by molar-refractivity contribution is -0.129. The lowest BCUT2D eigenvalue weighted by Crippen LogP contribution is -2.55. The minimum absolute atomic E-state index is 0.0200. The number of nitrogens with zero attached hydrogens (tertiary/aromatic N) is 2. The van der Waals surface area contributed by atoms with Crippen LogP contribution in [0, 0.1) is 5.41 Å². The zero-order valence-electron chi connectivity index (χ0n) is 16.0. The highest BCUT2D eigenvalue weighted by molar-refractivity contribution is 5.82. The fourth-order valence-corrected chi connectivity index (χ4v) is 3.13. The monoisotopic (exact) mass is 357 g/mol. The third-order valence-electron chi connectivity index (χ3n) is 4.23. The van der Waals surface area contributed by atoms with Crippen LogP contribution in [0.25, 0.3) is 5.76 Å². The molecule has 1 atom stereocenters. The lowest BCUT2D eigenvalue weighted by atomic mass is 9.95. The summed E-state index contributed by atoms with van der Waals surface area (Å²) in [5.74, 6) is 0.678. The average Bonchev–Trinajstić information content (AvgIpc) is 2.52. The number of aromatic nitrogens is 1. The van der Waals surface area contributed by atoms with Crippen LogP contribution >= 0.6 is 0 Å². The van der Waals surface area contributed by atoms with Crippen molar-refractivity contribution in [3.8, 4) is 0 Å². The van der Waals surface area contributed by atoms with Crippen LogP contribution in [0.1, 0.15) is 45.9 Å². The van der Waals surface area contributed by atoms with E-state index < -0.39 is 5.60 Å². The summed E-state index contributed by atoms with van der Waals surface area (Å²) in [5, 5.41) is 12.9. The maximum Gasteiger partial charge on any atom is 0.238 e. The molecule has 0 radical (unpaired) electrons. The quantitative estimate of drug-likeness (QED) is 0.869. The summed E-state index contributed by atoms with van der Waals surface area (Å²) in [6.07, 6.45) is 5.11. The van der Waals surface area contributed by atoms with E-state index in [-0.39, 0.29) is 17.6 Å². The Morgan fingerprint density at radius 1 is 1.27 bits per heavy atom. The van der Waals surface area contributed by atoms with E-state index in [4.69, 9.17) is 4.74 Å². The molecule has 2 N–H and O–H groups in total. The number of ether oxygens (including phenoxy) is 1. The molecule has 0 spiro atoms. The predicted octanol–water partition coefficient (Wildman–Crippen LogP) is 2.37. The van der Waals surface area contributed by atoms with E-state index in [0.29, 0.717) is 18.0 Å². The van der Waals surface area contributed by atoms with Crippen molar-refractivity contribution in [2.75, 3.05) is 13.1 Å². The number of aliphatic hydroxyl groups is 1. The number of piperazine rings is 1. The van der Waals surface area contributed by atoms with Gasteiger partial charge in [-0.2, -0.15) is 0 Å². The van der Waals surface area contributed by atoms with E-state index in [1.807, 2.05) is 18.2 Å². The Balaban J connectivity index is 1.85. The van der Waals surface area contributed by atoms with Gasteiger partial charge in [-0.1, -0.05) is 20.8 Å². The number of hydrogen-bond donors (Lipinski definition) is 2. The minimum Gasteiger partial charge on any atom is -0.469 e. The first kappa shape index (κ1) is 18.6. The van der Waals surface area contributed by atoms with E-state index in [9.17, 15) is 9.90 Å². The molecule has 26 heavy (non-hydrogen) atoms. The Hall–Kier alpha value is -2.18. The normalized spacial score (nSPS) is 21.3. The number of nitrogens with one attached hydrogen (secondary N) is 1. The molecule has 0 bridgehead atoms. The molecule has 0 aromatic carbocycles. The predicted molar refractivity (Wildman–Crippen MR) is 99.6 cm³/mol. The molecule has 1 saturated heterocycles. The smallest absolute Gasteiger partial charge is 0.238 e. The second-order valence-electron chi connectivity index (χ2n) is 8.63. The molecule has 1 amide bonds. The van der Waals surface area contributed by atoms with Gasteiger partial charge in [0.25, 0.3) is 0 Å². The highest BCUT2D eigenvalue weighted by Gasteiger charge is 2.36. The van der Waals surface area contributed by atoms with Gasteiger partial charge in [0.1, 0.15) is 11.4 Å². The number of amides is 1. The van der Waals surface area contributed by atoms with Crippen molar-refractivity contribution < 1.29 is 14.6 Å². The summed E-state index contributed by atoms with van der Waals surface area (Å²) < 4.78 is 6.21. The Labute approximate surface area is 154 Å². The molecular weight excluding hydrogens is 330 g/mol. The van der Waals surface area contributed by atoms with Gasteiger partial charge in [0.05, 0.1) is 17.9 Å². The standard InChI is InChI=1S/C20H27N3O3/c1-19(2,3)12-23-11-17(24)22-14-7-8-15(26-18(14)23)13-6-9-16(21-10-13)20(4,5)25/h6-10,18,25H,11-12H2,1-5H3,(H,22,24). The highest BCUT2D eigenvalue weighted by atomic mass is 16.5. The van der Waals surface area contributed by atoms with Crippen molar-refractivity contribution in [3.63, 3.8) is 0 Å². The SMILES string of the molecule is CC(C)(C)CN1CC(=O)NC2=CC=C(c3ccc(C(C)(C)O)nc3)OC21. The number of carbonyl (C=O) groups is 1. The van der Waals surface area contributed by atoms with Crippen LogP contribution in [0.2, 0.25) is 0 Å². The molecular formula is C20H27N3O3. The van der Waals surface area contributed by atoms with Gasteiger partial charge in [0.15, 0.2) is 6.23 Å². The Bertz CT molecular complexity index is 752. The molecule has 3 rings (SSSR count). The largest absolute Gasteiger partial charge is 0.469 e. The molecule has 3 heterocycles. The Kier molecular flexibility index (Phi) is 4.67. The van der Waals surface area contributed by atoms with E-state index in [1.54, 1.807) is 26.1 Å². The summed E-state index contributed by atoms with van der Waals surface area (Å²) in [4.78, 5) is 18.4. The van der Waals surface area contributed by atoms with Crippen molar-refractivity contribution in [2.45, 2.75) is 46.4 Å². The van der Waals surface area contributed by atoms with Crippen molar-refractivity contribution >= 4 is 11.7 Å². The fraction of sp³-hybridized carbons (Fsp3) is 0.500. The first-order valence-corrected chi connectivity index (χ1v) is 8.85.